The van der Waals surface area contributed by atoms with Gasteiger partial charge in [0.2, 0.25) is 0 Å². The smallest absolute Gasteiger partial charge is 0.0771 e. The van der Waals surface area contributed by atoms with Crippen LogP contribution in [0.1, 0.15) is 24.5 Å². The number of isothiocyanates is 1. The molecule has 1 nitrogen and oxygen atoms in total. The van der Waals surface area contributed by atoms with Crippen molar-refractivity contribution < 1.29 is 0 Å². The van der Waals surface area contributed by atoms with Crippen molar-refractivity contribution in [1.29, 1.82) is 0 Å². The minimum atomic E-state index is 0.961. The fraction of sp³-hybridized carbons (Fsp3) is 0.364. The van der Waals surface area contributed by atoms with Crippen molar-refractivity contribution in [3.63, 3.8) is 0 Å². The van der Waals surface area contributed by atoms with Crippen molar-refractivity contribution in [3.05, 3.63) is 29.3 Å². The van der Waals surface area contributed by atoms with E-state index in [1.165, 1.54) is 11.1 Å². The average Bonchev–Trinajstić information content (AvgIpc) is 2.10. The standard InChI is InChI=1S/C11H13NS/c1-3-4-10-7-9(2)5-6-11(10)12-8-13/h5-7H,3-4H2,1-2H3. The first-order valence-electron chi connectivity index (χ1n) is 4.45. The summed E-state index contributed by atoms with van der Waals surface area (Å²) in [5, 5.41) is 2.41. The zero-order valence-electron chi connectivity index (χ0n) is 8.00. The summed E-state index contributed by atoms with van der Waals surface area (Å²) in [5.74, 6) is 0. The maximum atomic E-state index is 4.59. The van der Waals surface area contributed by atoms with Gasteiger partial charge in [0, 0.05) is 0 Å². The molecular weight excluding hydrogens is 178 g/mol. The third-order valence-electron chi connectivity index (χ3n) is 1.92. The van der Waals surface area contributed by atoms with Crippen LogP contribution in [0.5, 0.6) is 0 Å². The van der Waals surface area contributed by atoms with Gasteiger partial charge < -0.3 is 0 Å². The van der Waals surface area contributed by atoms with E-state index in [9.17, 15) is 0 Å². The normalized spacial score (nSPS) is 9.38. The van der Waals surface area contributed by atoms with E-state index in [1.807, 2.05) is 12.1 Å². The number of aliphatic imine (C=N–C) groups is 1. The molecule has 0 saturated heterocycles. The fourth-order valence-corrected chi connectivity index (χ4v) is 1.44. The highest BCUT2D eigenvalue weighted by atomic mass is 32.1. The van der Waals surface area contributed by atoms with E-state index in [4.69, 9.17) is 0 Å². The first-order chi connectivity index (χ1) is 6.27. The van der Waals surface area contributed by atoms with E-state index in [0.29, 0.717) is 0 Å². The lowest BCUT2D eigenvalue weighted by Crippen LogP contribution is -1.85. The third-order valence-corrected chi connectivity index (χ3v) is 2.01. The van der Waals surface area contributed by atoms with Crippen molar-refractivity contribution in [2.24, 2.45) is 4.99 Å². The van der Waals surface area contributed by atoms with E-state index in [0.717, 1.165) is 18.5 Å². The second-order valence-electron chi connectivity index (χ2n) is 3.09. The van der Waals surface area contributed by atoms with Gasteiger partial charge in [0.1, 0.15) is 0 Å². The molecule has 0 fully saturated rings. The predicted molar refractivity (Wildman–Crippen MR) is 59.9 cm³/mol. The molecule has 2 heteroatoms. The maximum absolute atomic E-state index is 4.59. The maximum Gasteiger partial charge on any atom is 0.0771 e. The second-order valence-corrected chi connectivity index (χ2v) is 3.27. The number of hydrogen-bond acceptors (Lipinski definition) is 2. The summed E-state index contributed by atoms with van der Waals surface area (Å²) in [6, 6.07) is 6.21. The van der Waals surface area contributed by atoms with Crippen molar-refractivity contribution in [1.82, 2.24) is 0 Å². The lowest BCUT2D eigenvalue weighted by Gasteiger charge is -2.03. The lowest BCUT2D eigenvalue weighted by atomic mass is 10.1. The number of nitrogens with zero attached hydrogens (tertiary/aromatic N) is 1. The largest absolute Gasteiger partial charge is 0.194 e. The average molecular weight is 191 g/mol. The molecule has 0 aliphatic carbocycles. The van der Waals surface area contributed by atoms with Crippen LogP contribution < -0.4 is 0 Å². The summed E-state index contributed by atoms with van der Waals surface area (Å²) in [5.41, 5.74) is 3.49. The zero-order valence-corrected chi connectivity index (χ0v) is 8.82. The van der Waals surface area contributed by atoms with Gasteiger partial charge in [-0.3, -0.25) is 0 Å². The van der Waals surface area contributed by atoms with E-state index in [1.54, 1.807) is 0 Å². The molecule has 0 aliphatic heterocycles. The molecule has 0 aromatic heterocycles. The third kappa shape index (κ3) is 2.76. The Bertz CT molecular complexity index is 338. The van der Waals surface area contributed by atoms with Crippen molar-refractivity contribution in [2.45, 2.75) is 26.7 Å². The molecule has 0 spiro atoms. The number of thiocarbonyl (C=S) groups is 1. The van der Waals surface area contributed by atoms with E-state index < -0.39 is 0 Å². The van der Waals surface area contributed by atoms with Gasteiger partial charge in [-0.15, -0.1) is 0 Å². The Balaban J connectivity index is 3.09. The fourth-order valence-electron chi connectivity index (χ4n) is 1.34. The minimum absolute atomic E-state index is 0.961. The Kier molecular flexibility index (Phi) is 3.81. The van der Waals surface area contributed by atoms with Crippen molar-refractivity contribution in [2.75, 3.05) is 0 Å². The number of rotatable bonds is 3. The molecule has 68 valence electrons. The topological polar surface area (TPSA) is 12.4 Å². The quantitative estimate of drug-likeness (QED) is 0.524. The van der Waals surface area contributed by atoms with E-state index in [-0.39, 0.29) is 0 Å². The summed E-state index contributed by atoms with van der Waals surface area (Å²) >= 11 is 4.59. The molecule has 0 aliphatic rings. The molecule has 13 heavy (non-hydrogen) atoms. The summed E-state index contributed by atoms with van der Waals surface area (Å²) in [6.45, 7) is 4.25. The molecule has 0 bridgehead atoms. The van der Waals surface area contributed by atoms with E-state index in [2.05, 4.69) is 42.3 Å². The molecular formula is C11H13NS. The van der Waals surface area contributed by atoms with Crippen LogP contribution >= 0.6 is 12.2 Å². The molecule has 0 saturated carbocycles. The van der Waals surface area contributed by atoms with Gasteiger partial charge in [0.15, 0.2) is 0 Å². The summed E-state index contributed by atoms with van der Waals surface area (Å²) in [4.78, 5) is 4.03. The summed E-state index contributed by atoms with van der Waals surface area (Å²) < 4.78 is 0. The van der Waals surface area contributed by atoms with Crippen molar-refractivity contribution in [3.8, 4) is 0 Å². The molecule has 0 radical (unpaired) electrons. The highest BCUT2D eigenvalue weighted by Gasteiger charge is 1.99. The first-order valence-corrected chi connectivity index (χ1v) is 4.86. The van der Waals surface area contributed by atoms with Gasteiger partial charge in [0.25, 0.3) is 0 Å². The van der Waals surface area contributed by atoms with Crippen LogP contribution in [0, 0.1) is 6.92 Å². The molecule has 1 rings (SSSR count). The first kappa shape index (κ1) is 10.1. The van der Waals surface area contributed by atoms with Crippen LogP contribution in [-0.2, 0) is 6.42 Å². The van der Waals surface area contributed by atoms with Gasteiger partial charge >= 0.3 is 0 Å². The summed E-state index contributed by atoms with van der Waals surface area (Å²) in [7, 11) is 0. The molecule has 0 N–H and O–H groups in total. The summed E-state index contributed by atoms with van der Waals surface area (Å²) in [6.07, 6.45) is 2.18. The molecule has 0 amide bonds. The molecule has 1 aromatic carbocycles. The Morgan fingerprint density at radius 1 is 1.46 bits per heavy atom. The highest BCUT2D eigenvalue weighted by molar-refractivity contribution is 7.78. The van der Waals surface area contributed by atoms with Crippen LogP contribution in [0.3, 0.4) is 0 Å². The number of benzene rings is 1. The Morgan fingerprint density at radius 2 is 2.23 bits per heavy atom. The Labute approximate surface area is 84.5 Å². The molecule has 0 unspecified atom stereocenters. The Morgan fingerprint density at radius 3 is 2.85 bits per heavy atom. The lowest BCUT2D eigenvalue weighted by molar-refractivity contribution is 0.920. The zero-order chi connectivity index (χ0) is 9.68. The Hall–Kier alpha value is -0.980. The highest BCUT2D eigenvalue weighted by Crippen LogP contribution is 2.21. The van der Waals surface area contributed by atoms with Gasteiger partial charge in [-0.1, -0.05) is 31.0 Å². The number of aryl methyl sites for hydroxylation is 2. The number of hydrogen-bond donors (Lipinski definition) is 0. The van der Waals surface area contributed by atoms with Gasteiger partial charge in [-0.05, 0) is 37.2 Å². The monoisotopic (exact) mass is 191 g/mol. The van der Waals surface area contributed by atoms with Gasteiger partial charge in [0.05, 0.1) is 10.8 Å². The predicted octanol–water partition coefficient (Wildman–Crippen LogP) is 3.68. The van der Waals surface area contributed by atoms with Crippen LogP contribution in [0.4, 0.5) is 5.69 Å². The molecule has 0 atom stereocenters. The molecule has 1 aromatic rings. The van der Waals surface area contributed by atoms with Crippen LogP contribution in [0.25, 0.3) is 0 Å². The van der Waals surface area contributed by atoms with E-state index >= 15 is 0 Å². The second kappa shape index (κ2) is 4.90. The van der Waals surface area contributed by atoms with Crippen LogP contribution in [-0.4, -0.2) is 5.16 Å². The van der Waals surface area contributed by atoms with Gasteiger partial charge in [-0.25, -0.2) is 0 Å². The van der Waals surface area contributed by atoms with Gasteiger partial charge in [-0.2, -0.15) is 4.99 Å². The molecule has 0 heterocycles. The van der Waals surface area contributed by atoms with Crippen LogP contribution in [0.15, 0.2) is 23.2 Å². The SMILES string of the molecule is CCCc1cc(C)ccc1N=C=S. The van der Waals surface area contributed by atoms with Crippen molar-refractivity contribution >= 4 is 23.1 Å². The minimum Gasteiger partial charge on any atom is -0.194 e. The van der Waals surface area contributed by atoms with Crippen LogP contribution in [0.2, 0.25) is 0 Å².